The summed E-state index contributed by atoms with van der Waals surface area (Å²) in [6.07, 6.45) is 0. The van der Waals surface area contributed by atoms with Crippen LogP contribution in [0.25, 0.3) is 0 Å². The summed E-state index contributed by atoms with van der Waals surface area (Å²) in [7, 11) is 3.64. The monoisotopic (exact) mass is 534 g/mol. The van der Waals surface area contributed by atoms with E-state index in [1.54, 1.807) is 37.4 Å². The summed E-state index contributed by atoms with van der Waals surface area (Å²) in [6.45, 7) is 3.88. The Morgan fingerprint density at radius 3 is 2.52 bits per heavy atom. The van der Waals surface area contributed by atoms with Gasteiger partial charge in [0.2, 0.25) is 0 Å². The van der Waals surface area contributed by atoms with Crippen molar-refractivity contribution in [3.63, 3.8) is 0 Å². The second-order valence-electron chi connectivity index (χ2n) is 7.54. The van der Waals surface area contributed by atoms with Gasteiger partial charge in [-0.1, -0.05) is 12.1 Å². The predicted molar refractivity (Wildman–Crippen MR) is 135 cm³/mol. The highest BCUT2D eigenvalue weighted by molar-refractivity contribution is 9.10. The van der Waals surface area contributed by atoms with E-state index in [2.05, 4.69) is 31.5 Å². The Morgan fingerprint density at radius 1 is 1.09 bits per heavy atom. The normalized spacial score (nSPS) is 14.0. The molecular weight excluding hydrogens is 508 g/mol. The van der Waals surface area contributed by atoms with E-state index in [-0.39, 0.29) is 16.9 Å². The van der Waals surface area contributed by atoms with E-state index < -0.39 is 0 Å². The van der Waals surface area contributed by atoms with Crippen molar-refractivity contribution in [1.29, 1.82) is 0 Å². The van der Waals surface area contributed by atoms with Crippen molar-refractivity contribution in [2.75, 3.05) is 58.9 Å². The Balaban J connectivity index is 1.62. The fourth-order valence-corrected chi connectivity index (χ4v) is 3.98. The summed E-state index contributed by atoms with van der Waals surface area (Å²) >= 11 is 8.75. The van der Waals surface area contributed by atoms with Gasteiger partial charge in [0.05, 0.1) is 22.3 Å². The molecule has 33 heavy (non-hydrogen) atoms. The van der Waals surface area contributed by atoms with E-state index in [0.717, 1.165) is 13.1 Å². The largest absolute Gasteiger partial charge is 0.490 e. The average molecular weight is 535 g/mol. The van der Waals surface area contributed by atoms with Crippen molar-refractivity contribution >= 4 is 50.8 Å². The number of halogens is 1. The Bertz CT molecular complexity index is 1010. The number of para-hydroxylation sites is 1. The number of piperazine rings is 1. The van der Waals surface area contributed by atoms with Crippen molar-refractivity contribution < 1.29 is 19.1 Å². The number of benzene rings is 2. The lowest BCUT2D eigenvalue weighted by atomic mass is 10.1. The molecule has 0 atom stereocenters. The van der Waals surface area contributed by atoms with Crippen LogP contribution in [0, 0.1) is 0 Å². The molecule has 176 valence electrons. The summed E-state index contributed by atoms with van der Waals surface area (Å²) in [6, 6.07) is 12.2. The number of likely N-dealkylation sites (N-methyl/N-ethyl adjacent to an activating group) is 1. The number of amides is 2. The first-order valence-electron chi connectivity index (χ1n) is 10.5. The highest BCUT2D eigenvalue weighted by Gasteiger charge is 2.22. The van der Waals surface area contributed by atoms with Crippen molar-refractivity contribution in [3.05, 3.63) is 58.1 Å². The van der Waals surface area contributed by atoms with Crippen LogP contribution in [0.15, 0.2) is 46.9 Å². The maximum atomic E-state index is 13.0. The van der Waals surface area contributed by atoms with Gasteiger partial charge in [-0.3, -0.25) is 14.9 Å². The van der Waals surface area contributed by atoms with Crippen LogP contribution in [-0.2, 0) is 4.74 Å². The van der Waals surface area contributed by atoms with E-state index in [9.17, 15) is 9.59 Å². The number of ether oxygens (including phenoxy) is 2. The molecule has 0 saturated carbocycles. The highest BCUT2D eigenvalue weighted by Crippen LogP contribution is 2.26. The van der Waals surface area contributed by atoms with Crippen molar-refractivity contribution in [2.24, 2.45) is 0 Å². The van der Waals surface area contributed by atoms with Gasteiger partial charge in [0, 0.05) is 38.9 Å². The molecule has 2 aromatic rings. The number of hydrogen-bond acceptors (Lipinski definition) is 6. The molecule has 1 aliphatic rings. The molecule has 1 aliphatic heterocycles. The predicted octanol–water partition coefficient (Wildman–Crippen LogP) is 2.99. The maximum Gasteiger partial charge on any atom is 0.257 e. The lowest BCUT2D eigenvalue weighted by molar-refractivity contribution is 0.0665. The lowest BCUT2D eigenvalue weighted by Gasteiger charge is -2.32. The molecule has 3 rings (SSSR count). The molecule has 1 fully saturated rings. The van der Waals surface area contributed by atoms with Crippen LogP contribution in [0.3, 0.4) is 0 Å². The Hall–Kier alpha value is -2.53. The number of methoxy groups -OCH3 is 1. The average Bonchev–Trinajstić information content (AvgIpc) is 2.80. The summed E-state index contributed by atoms with van der Waals surface area (Å²) in [5, 5.41) is 5.76. The summed E-state index contributed by atoms with van der Waals surface area (Å²) in [4.78, 5) is 29.7. The van der Waals surface area contributed by atoms with Gasteiger partial charge in [-0.25, -0.2) is 0 Å². The molecule has 0 radical (unpaired) electrons. The lowest BCUT2D eigenvalue weighted by Crippen LogP contribution is -2.47. The zero-order chi connectivity index (χ0) is 23.8. The maximum absolute atomic E-state index is 13.0. The highest BCUT2D eigenvalue weighted by atomic mass is 79.9. The van der Waals surface area contributed by atoms with Gasteiger partial charge in [0.1, 0.15) is 12.4 Å². The fraction of sp³-hybridized carbons (Fsp3) is 0.348. The van der Waals surface area contributed by atoms with Gasteiger partial charge < -0.3 is 24.6 Å². The Labute approximate surface area is 207 Å². The molecule has 1 saturated heterocycles. The molecule has 2 N–H and O–H groups in total. The van der Waals surface area contributed by atoms with E-state index in [1.165, 1.54) is 0 Å². The number of hydrogen-bond donors (Lipinski definition) is 2. The molecule has 0 spiro atoms. The first-order chi connectivity index (χ1) is 15.9. The fourth-order valence-electron chi connectivity index (χ4n) is 3.28. The van der Waals surface area contributed by atoms with Crippen molar-refractivity contribution in [2.45, 2.75) is 0 Å². The van der Waals surface area contributed by atoms with E-state index in [1.807, 2.05) is 24.1 Å². The first-order valence-corrected chi connectivity index (χ1v) is 11.7. The zero-order valence-corrected chi connectivity index (χ0v) is 21.0. The first kappa shape index (κ1) is 25.1. The summed E-state index contributed by atoms with van der Waals surface area (Å²) in [5.74, 6) is 0.175. The van der Waals surface area contributed by atoms with Crippen LogP contribution >= 0.6 is 28.1 Å². The van der Waals surface area contributed by atoms with Crippen LogP contribution in [0.2, 0.25) is 0 Å². The van der Waals surface area contributed by atoms with Crippen LogP contribution in [-0.4, -0.2) is 80.3 Å². The van der Waals surface area contributed by atoms with Gasteiger partial charge in [-0.05, 0) is 65.5 Å². The van der Waals surface area contributed by atoms with Gasteiger partial charge >= 0.3 is 0 Å². The molecule has 0 aliphatic carbocycles. The number of rotatable bonds is 7. The number of nitrogens with one attached hydrogen (secondary N) is 2. The molecule has 1 heterocycles. The van der Waals surface area contributed by atoms with E-state index in [0.29, 0.717) is 53.3 Å². The molecule has 2 amide bonds. The number of nitrogens with zero attached hydrogens (tertiary/aromatic N) is 2. The minimum absolute atomic E-state index is 0.0617. The second-order valence-corrected chi connectivity index (χ2v) is 8.80. The van der Waals surface area contributed by atoms with Gasteiger partial charge in [0.25, 0.3) is 11.8 Å². The van der Waals surface area contributed by atoms with Crippen LogP contribution in [0.4, 0.5) is 5.69 Å². The Kier molecular flexibility index (Phi) is 9.19. The third-order valence-corrected chi connectivity index (χ3v) is 5.99. The standard InChI is InChI=1S/C23H27BrN4O4S/c1-27-9-11-28(12-10-27)22(30)17-5-3-4-6-19(17)25-23(33)26-21(29)16-7-8-20(18(24)15-16)32-14-13-31-2/h3-8,15H,9-14H2,1-2H3,(H2,25,26,29,33). The van der Waals surface area contributed by atoms with E-state index in [4.69, 9.17) is 21.7 Å². The van der Waals surface area contributed by atoms with Gasteiger partial charge in [0.15, 0.2) is 5.11 Å². The van der Waals surface area contributed by atoms with Crippen molar-refractivity contribution in [3.8, 4) is 5.75 Å². The van der Waals surface area contributed by atoms with Crippen LogP contribution in [0.5, 0.6) is 5.75 Å². The van der Waals surface area contributed by atoms with E-state index >= 15 is 0 Å². The summed E-state index contributed by atoms with van der Waals surface area (Å²) in [5.41, 5.74) is 1.47. The topological polar surface area (TPSA) is 83.1 Å². The van der Waals surface area contributed by atoms with Gasteiger partial charge in [-0.2, -0.15) is 0 Å². The summed E-state index contributed by atoms with van der Waals surface area (Å²) < 4.78 is 11.2. The number of carbonyl (C=O) groups excluding carboxylic acids is 2. The quantitative estimate of drug-likeness (QED) is 0.417. The second kappa shape index (κ2) is 12.1. The molecule has 8 nitrogen and oxygen atoms in total. The molecule has 0 unspecified atom stereocenters. The van der Waals surface area contributed by atoms with Gasteiger partial charge in [-0.15, -0.1) is 0 Å². The minimum Gasteiger partial charge on any atom is -0.490 e. The smallest absolute Gasteiger partial charge is 0.257 e. The number of carbonyl (C=O) groups is 2. The number of anilines is 1. The Morgan fingerprint density at radius 2 is 1.82 bits per heavy atom. The minimum atomic E-state index is -0.375. The molecule has 0 aromatic heterocycles. The zero-order valence-electron chi connectivity index (χ0n) is 18.6. The number of thiocarbonyl (C=S) groups is 1. The van der Waals surface area contributed by atoms with Crippen LogP contribution < -0.4 is 15.4 Å². The molecular formula is C23H27BrN4O4S. The molecule has 0 bridgehead atoms. The third-order valence-electron chi connectivity index (χ3n) is 5.16. The molecule has 10 heteroatoms. The third kappa shape index (κ3) is 6.97. The SMILES string of the molecule is COCCOc1ccc(C(=O)NC(=S)Nc2ccccc2C(=O)N2CCN(C)CC2)cc1Br. The molecule has 2 aromatic carbocycles. The van der Waals surface area contributed by atoms with Crippen LogP contribution in [0.1, 0.15) is 20.7 Å². The van der Waals surface area contributed by atoms with Crippen molar-refractivity contribution in [1.82, 2.24) is 15.1 Å².